The number of hydrogen-bond donors (Lipinski definition) is 3. The van der Waals surface area contributed by atoms with Crippen molar-refractivity contribution in [2.45, 2.75) is 0 Å². The predicted octanol–water partition coefficient (Wildman–Crippen LogP) is 3.84. The number of nitrogens with two attached hydrogens (primary N) is 1. The number of aromatic nitrogens is 3. The van der Waals surface area contributed by atoms with Crippen LogP contribution in [0.4, 0.5) is 33.2 Å². The van der Waals surface area contributed by atoms with Crippen molar-refractivity contribution in [1.82, 2.24) is 15.0 Å². The Kier molecular flexibility index (Phi) is 4.33. The molecule has 0 fully saturated rings. The Labute approximate surface area is 140 Å². The SMILES string of the molecule is Nc1c(Nc2ccc(Br)cn2)ncnc1Nc1ccccc1F. The van der Waals surface area contributed by atoms with Crippen molar-refractivity contribution in [3.8, 4) is 0 Å². The van der Waals surface area contributed by atoms with Crippen LogP contribution in [-0.4, -0.2) is 15.0 Å². The molecule has 0 aliphatic carbocycles. The Bertz CT molecular complexity index is 824. The fourth-order valence-corrected chi connectivity index (χ4v) is 2.09. The molecule has 0 unspecified atom stereocenters. The van der Waals surface area contributed by atoms with Crippen LogP contribution in [0.1, 0.15) is 0 Å². The number of para-hydroxylation sites is 1. The maximum Gasteiger partial charge on any atom is 0.160 e. The van der Waals surface area contributed by atoms with Crippen molar-refractivity contribution >= 4 is 44.8 Å². The maximum atomic E-state index is 13.7. The van der Waals surface area contributed by atoms with Gasteiger partial charge in [-0.3, -0.25) is 0 Å². The normalized spacial score (nSPS) is 10.3. The van der Waals surface area contributed by atoms with Gasteiger partial charge in [-0.2, -0.15) is 0 Å². The summed E-state index contributed by atoms with van der Waals surface area (Å²) in [6.07, 6.45) is 2.99. The second-order valence-electron chi connectivity index (χ2n) is 4.58. The van der Waals surface area contributed by atoms with E-state index in [9.17, 15) is 4.39 Å². The first-order valence-electron chi connectivity index (χ1n) is 6.64. The molecule has 23 heavy (non-hydrogen) atoms. The topological polar surface area (TPSA) is 88.8 Å². The van der Waals surface area contributed by atoms with Crippen LogP contribution in [-0.2, 0) is 0 Å². The van der Waals surface area contributed by atoms with Gasteiger partial charge in [-0.25, -0.2) is 19.3 Å². The summed E-state index contributed by atoms with van der Waals surface area (Å²) in [6.45, 7) is 0. The zero-order valence-electron chi connectivity index (χ0n) is 11.8. The molecule has 0 radical (unpaired) electrons. The Morgan fingerprint density at radius 3 is 2.39 bits per heavy atom. The molecular weight excluding hydrogens is 363 g/mol. The molecule has 0 saturated heterocycles. The first-order valence-corrected chi connectivity index (χ1v) is 7.43. The molecule has 0 aliphatic heterocycles. The Balaban J connectivity index is 1.86. The molecule has 116 valence electrons. The average Bonchev–Trinajstić information content (AvgIpc) is 2.55. The number of rotatable bonds is 4. The third-order valence-electron chi connectivity index (χ3n) is 2.98. The summed E-state index contributed by atoms with van der Waals surface area (Å²) in [5, 5.41) is 5.86. The largest absolute Gasteiger partial charge is 0.393 e. The molecule has 3 aromatic rings. The summed E-state index contributed by atoms with van der Waals surface area (Å²) in [6, 6.07) is 9.88. The van der Waals surface area contributed by atoms with Crippen LogP contribution in [0.2, 0.25) is 0 Å². The van der Waals surface area contributed by atoms with Crippen LogP contribution in [0, 0.1) is 5.82 Å². The van der Waals surface area contributed by atoms with E-state index in [1.807, 2.05) is 6.07 Å². The van der Waals surface area contributed by atoms with Gasteiger partial charge in [-0.1, -0.05) is 12.1 Å². The van der Waals surface area contributed by atoms with Crippen LogP contribution in [0.5, 0.6) is 0 Å². The zero-order valence-corrected chi connectivity index (χ0v) is 13.4. The summed E-state index contributed by atoms with van der Waals surface area (Å²) in [7, 11) is 0. The Morgan fingerprint density at radius 2 is 1.70 bits per heavy atom. The molecule has 0 bridgehead atoms. The second kappa shape index (κ2) is 6.57. The number of nitrogens with zero attached hydrogens (tertiary/aromatic N) is 3. The molecule has 8 heteroatoms. The molecule has 0 amide bonds. The minimum atomic E-state index is -0.394. The third-order valence-corrected chi connectivity index (χ3v) is 3.45. The molecule has 4 N–H and O–H groups in total. The van der Waals surface area contributed by atoms with Gasteiger partial charge in [0.25, 0.3) is 0 Å². The van der Waals surface area contributed by atoms with E-state index < -0.39 is 5.82 Å². The quantitative estimate of drug-likeness (QED) is 0.642. The van der Waals surface area contributed by atoms with Gasteiger partial charge in [0.2, 0.25) is 0 Å². The number of hydrogen-bond acceptors (Lipinski definition) is 6. The van der Waals surface area contributed by atoms with Gasteiger partial charge in [0.15, 0.2) is 11.6 Å². The molecule has 0 saturated carbocycles. The van der Waals surface area contributed by atoms with Crippen LogP contribution >= 0.6 is 15.9 Å². The fourth-order valence-electron chi connectivity index (χ4n) is 1.86. The Morgan fingerprint density at radius 1 is 0.957 bits per heavy atom. The van der Waals surface area contributed by atoms with E-state index in [0.29, 0.717) is 17.5 Å². The van der Waals surface area contributed by atoms with Gasteiger partial charge < -0.3 is 16.4 Å². The summed E-state index contributed by atoms with van der Waals surface area (Å²) in [5.41, 5.74) is 6.60. The van der Waals surface area contributed by atoms with Crippen LogP contribution in [0.3, 0.4) is 0 Å². The van der Waals surface area contributed by atoms with Crippen LogP contribution in [0.15, 0.2) is 53.4 Å². The highest BCUT2D eigenvalue weighted by Gasteiger charge is 2.10. The van der Waals surface area contributed by atoms with Crippen LogP contribution < -0.4 is 16.4 Å². The van der Waals surface area contributed by atoms with Gasteiger partial charge in [-0.05, 0) is 40.2 Å². The van der Waals surface area contributed by atoms with Crippen molar-refractivity contribution in [1.29, 1.82) is 0 Å². The highest BCUT2D eigenvalue weighted by atomic mass is 79.9. The first kappa shape index (κ1) is 15.2. The summed E-state index contributed by atoms with van der Waals surface area (Å²) >= 11 is 3.31. The van der Waals surface area contributed by atoms with Crippen molar-refractivity contribution in [2.24, 2.45) is 0 Å². The highest BCUT2D eigenvalue weighted by molar-refractivity contribution is 9.10. The lowest BCUT2D eigenvalue weighted by Crippen LogP contribution is -2.06. The van der Waals surface area contributed by atoms with Gasteiger partial charge in [0.05, 0.1) is 5.69 Å². The highest BCUT2D eigenvalue weighted by Crippen LogP contribution is 2.28. The summed E-state index contributed by atoms with van der Waals surface area (Å²) < 4.78 is 14.6. The fraction of sp³-hybridized carbons (Fsp3) is 0. The molecule has 2 aromatic heterocycles. The lowest BCUT2D eigenvalue weighted by atomic mass is 10.3. The minimum Gasteiger partial charge on any atom is -0.393 e. The number of benzene rings is 1. The van der Waals surface area contributed by atoms with Gasteiger partial charge in [0.1, 0.15) is 23.6 Å². The molecule has 0 atom stereocenters. The molecule has 2 heterocycles. The van der Waals surface area contributed by atoms with Crippen molar-refractivity contribution in [3.05, 3.63) is 59.2 Å². The predicted molar refractivity (Wildman–Crippen MR) is 91.3 cm³/mol. The number of pyridine rings is 1. The molecule has 6 nitrogen and oxygen atoms in total. The smallest absolute Gasteiger partial charge is 0.160 e. The molecular formula is C15H12BrFN6. The number of nitrogens with one attached hydrogen (secondary N) is 2. The van der Waals surface area contributed by atoms with E-state index in [1.54, 1.807) is 30.5 Å². The summed E-state index contributed by atoms with van der Waals surface area (Å²) in [4.78, 5) is 12.3. The standard InChI is InChI=1S/C15H12BrFN6/c16-9-5-6-12(19-7-9)23-15-13(18)14(20-8-21-15)22-11-4-2-1-3-10(11)17/h1-8H,18H2,(H2,19,20,21,22,23). The van der Waals surface area contributed by atoms with E-state index in [1.165, 1.54) is 12.4 Å². The van der Waals surface area contributed by atoms with Crippen LogP contribution in [0.25, 0.3) is 0 Å². The third kappa shape index (κ3) is 3.54. The lowest BCUT2D eigenvalue weighted by Gasteiger charge is -2.12. The van der Waals surface area contributed by atoms with E-state index in [0.717, 1.165) is 4.47 Å². The second-order valence-corrected chi connectivity index (χ2v) is 5.49. The average molecular weight is 375 g/mol. The molecule has 0 aliphatic rings. The monoisotopic (exact) mass is 374 g/mol. The van der Waals surface area contributed by atoms with E-state index in [4.69, 9.17) is 5.73 Å². The van der Waals surface area contributed by atoms with Crippen molar-refractivity contribution in [3.63, 3.8) is 0 Å². The van der Waals surface area contributed by atoms with E-state index >= 15 is 0 Å². The lowest BCUT2D eigenvalue weighted by molar-refractivity contribution is 0.632. The molecule has 3 rings (SSSR count). The van der Waals surface area contributed by atoms with Gasteiger partial charge >= 0.3 is 0 Å². The molecule has 0 spiro atoms. The number of anilines is 5. The molecule has 1 aromatic carbocycles. The zero-order chi connectivity index (χ0) is 16.2. The van der Waals surface area contributed by atoms with Crippen molar-refractivity contribution < 1.29 is 4.39 Å². The maximum absolute atomic E-state index is 13.7. The first-order chi connectivity index (χ1) is 11.1. The van der Waals surface area contributed by atoms with E-state index in [-0.39, 0.29) is 11.4 Å². The summed E-state index contributed by atoms with van der Waals surface area (Å²) in [5.74, 6) is 0.878. The van der Waals surface area contributed by atoms with Gasteiger partial charge in [0, 0.05) is 10.7 Å². The number of nitrogen functional groups attached to an aromatic ring is 1. The minimum absolute atomic E-state index is 0.264. The van der Waals surface area contributed by atoms with E-state index in [2.05, 4.69) is 41.5 Å². The van der Waals surface area contributed by atoms with Crippen molar-refractivity contribution in [2.75, 3.05) is 16.4 Å². The van der Waals surface area contributed by atoms with Gasteiger partial charge in [-0.15, -0.1) is 0 Å². The Hall–Kier alpha value is -2.74. The number of halogens is 2.